The monoisotopic (exact) mass is 250 g/mol. The highest BCUT2D eigenvalue weighted by Gasteiger charge is 2.14. The maximum absolute atomic E-state index is 3.60. The van der Waals surface area contributed by atoms with Gasteiger partial charge in [0.05, 0.1) is 0 Å². The lowest BCUT2D eigenvalue weighted by atomic mass is 10.2. The van der Waals surface area contributed by atoms with Crippen LogP contribution >= 0.6 is 11.8 Å². The molecule has 1 unspecified atom stereocenters. The average molecular weight is 250 g/mol. The molecular weight excluding hydrogens is 228 g/mol. The Morgan fingerprint density at radius 2 is 1.94 bits per heavy atom. The molecule has 1 aromatic rings. The van der Waals surface area contributed by atoms with E-state index in [-0.39, 0.29) is 0 Å². The van der Waals surface area contributed by atoms with E-state index in [0.717, 1.165) is 13.1 Å². The fraction of sp³-hybridized carbons (Fsp3) is 0.571. The topological polar surface area (TPSA) is 15.3 Å². The van der Waals surface area contributed by atoms with Crippen LogP contribution in [0.25, 0.3) is 0 Å². The summed E-state index contributed by atoms with van der Waals surface area (Å²) < 4.78 is 0. The van der Waals surface area contributed by atoms with E-state index in [2.05, 4.69) is 48.3 Å². The first-order chi connectivity index (χ1) is 8.33. The molecule has 0 bridgehead atoms. The lowest BCUT2D eigenvalue weighted by Crippen LogP contribution is -2.22. The highest BCUT2D eigenvalue weighted by molar-refractivity contribution is 7.99. The lowest BCUT2D eigenvalue weighted by molar-refractivity contribution is 0.812. The number of benzene rings is 1. The fourth-order valence-corrected chi connectivity index (χ4v) is 3.39. The van der Waals surface area contributed by atoms with Gasteiger partial charge in [-0.25, -0.2) is 0 Å². The molecule has 1 atom stereocenters. The smallest absolute Gasteiger partial charge is 0.0367 e. The number of nitrogens with one attached hydrogen (secondary N) is 1. The van der Waals surface area contributed by atoms with Crippen molar-refractivity contribution in [2.75, 3.05) is 34.8 Å². The van der Waals surface area contributed by atoms with Gasteiger partial charge in [0.25, 0.3) is 0 Å². The summed E-state index contributed by atoms with van der Waals surface area (Å²) in [7, 11) is 0. The van der Waals surface area contributed by atoms with Crippen LogP contribution in [0.3, 0.4) is 0 Å². The summed E-state index contributed by atoms with van der Waals surface area (Å²) in [6, 6.07) is 9.52. The molecule has 1 N–H and O–H groups in total. The molecule has 94 valence electrons. The summed E-state index contributed by atoms with van der Waals surface area (Å²) in [5, 5.41) is 3.60. The number of rotatable bonds is 5. The van der Waals surface area contributed by atoms with Crippen LogP contribution in [0, 0.1) is 0 Å². The largest absolute Gasteiger partial charge is 0.381 e. The Labute approximate surface area is 109 Å². The maximum Gasteiger partial charge on any atom is 0.0367 e. The molecule has 0 saturated carbocycles. The van der Waals surface area contributed by atoms with Crippen LogP contribution in [0.15, 0.2) is 24.3 Å². The second-order valence-electron chi connectivity index (χ2n) is 4.42. The van der Waals surface area contributed by atoms with Crippen molar-refractivity contribution in [2.24, 2.45) is 0 Å². The number of hydrogen-bond acceptors (Lipinski definition) is 3. The summed E-state index contributed by atoms with van der Waals surface area (Å²) in [5.74, 6) is 2.55. The van der Waals surface area contributed by atoms with Crippen LogP contribution < -0.4 is 10.2 Å². The first kappa shape index (κ1) is 12.6. The van der Waals surface area contributed by atoms with Crippen LogP contribution in [0.4, 0.5) is 11.4 Å². The van der Waals surface area contributed by atoms with E-state index in [1.165, 1.54) is 29.3 Å². The molecule has 2 rings (SSSR count). The van der Waals surface area contributed by atoms with Crippen LogP contribution in [-0.2, 0) is 0 Å². The Kier molecular flexibility index (Phi) is 4.60. The van der Waals surface area contributed by atoms with Crippen molar-refractivity contribution in [3.63, 3.8) is 0 Å². The highest BCUT2D eigenvalue weighted by atomic mass is 32.2. The molecule has 1 fully saturated rings. The van der Waals surface area contributed by atoms with Crippen molar-refractivity contribution < 1.29 is 0 Å². The lowest BCUT2D eigenvalue weighted by Gasteiger charge is -2.21. The number of hydrogen-bond donors (Lipinski definition) is 1. The minimum absolute atomic E-state index is 0.666. The third kappa shape index (κ3) is 3.32. The Bertz CT molecular complexity index is 327. The second kappa shape index (κ2) is 6.20. The normalized spacial score (nSPS) is 19.3. The molecule has 0 radical (unpaired) electrons. The summed E-state index contributed by atoms with van der Waals surface area (Å²) in [4.78, 5) is 2.37. The molecule has 0 spiro atoms. The number of thioether (sulfide) groups is 1. The molecule has 17 heavy (non-hydrogen) atoms. The highest BCUT2D eigenvalue weighted by Crippen LogP contribution is 2.23. The summed E-state index contributed by atoms with van der Waals surface area (Å²) in [5.41, 5.74) is 2.58. The minimum Gasteiger partial charge on any atom is -0.381 e. The summed E-state index contributed by atoms with van der Waals surface area (Å²) in [6.07, 6.45) is 1.29. The predicted octanol–water partition coefficient (Wildman–Crippen LogP) is 3.45. The molecule has 1 heterocycles. The van der Waals surface area contributed by atoms with Crippen molar-refractivity contribution >= 4 is 23.1 Å². The van der Waals surface area contributed by atoms with Crippen molar-refractivity contribution in [1.29, 1.82) is 0 Å². The molecule has 1 saturated heterocycles. The first-order valence-electron chi connectivity index (χ1n) is 6.52. The fourth-order valence-electron chi connectivity index (χ4n) is 2.24. The van der Waals surface area contributed by atoms with Gasteiger partial charge in [-0.15, -0.1) is 0 Å². The molecular formula is C14H22N2S. The van der Waals surface area contributed by atoms with E-state index in [1.54, 1.807) is 0 Å². The molecule has 0 amide bonds. The zero-order chi connectivity index (χ0) is 12.1. The quantitative estimate of drug-likeness (QED) is 0.861. The van der Waals surface area contributed by atoms with Gasteiger partial charge in [-0.3, -0.25) is 0 Å². The molecule has 1 aliphatic rings. The predicted molar refractivity (Wildman–Crippen MR) is 79.4 cm³/mol. The van der Waals surface area contributed by atoms with Gasteiger partial charge in [-0.2, -0.15) is 11.8 Å². The molecule has 3 heteroatoms. The number of anilines is 2. The van der Waals surface area contributed by atoms with Crippen LogP contribution in [-0.4, -0.2) is 30.6 Å². The standard InChI is InChI=1S/C14H22N2S/c1-3-16(4-2)14-7-5-12(6-8-14)15-13-9-10-17-11-13/h5-8,13,15H,3-4,9-11H2,1-2H3. The van der Waals surface area contributed by atoms with E-state index in [0.29, 0.717) is 6.04 Å². The Morgan fingerprint density at radius 3 is 2.47 bits per heavy atom. The van der Waals surface area contributed by atoms with Gasteiger partial charge in [0.1, 0.15) is 0 Å². The number of nitrogens with zero attached hydrogens (tertiary/aromatic N) is 1. The molecule has 0 aliphatic carbocycles. The van der Waals surface area contributed by atoms with Crippen molar-refractivity contribution in [2.45, 2.75) is 26.3 Å². The van der Waals surface area contributed by atoms with Gasteiger partial charge < -0.3 is 10.2 Å². The summed E-state index contributed by atoms with van der Waals surface area (Å²) in [6.45, 7) is 6.54. The van der Waals surface area contributed by atoms with Crippen molar-refractivity contribution in [3.8, 4) is 0 Å². The first-order valence-corrected chi connectivity index (χ1v) is 7.68. The molecule has 2 nitrogen and oxygen atoms in total. The second-order valence-corrected chi connectivity index (χ2v) is 5.57. The van der Waals surface area contributed by atoms with E-state index in [9.17, 15) is 0 Å². The Hall–Kier alpha value is -0.830. The van der Waals surface area contributed by atoms with Gasteiger partial charge in [-0.05, 0) is 50.3 Å². The van der Waals surface area contributed by atoms with Gasteiger partial charge in [0.15, 0.2) is 0 Å². The third-order valence-corrected chi connectivity index (χ3v) is 4.46. The van der Waals surface area contributed by atoms with E-state index in [4.69, 9.17) is 0 Å². The van der Waals surface area contributed by atoms with E-state index >= 15 is 0 Å². The third-order valence-electron chi connectivity index (χ3n) is 3.30. The zero-order valence-electron chi connectivity index (χ0n) is 10.8. The van der Waals surface area contributed by atoms with Gasteiger partial charge in [0, 0.05) is 36.3 Å². The van der Waals surface area contributed by atoms with Crippen LogP contribution in [0.1, 0.15) is 20.3 Å². The van der Waals surface area contributed by atoms with Crippen molar-refractivity contribution in [3.05, 3.63) is 24.3 Å². The zero-order valence-corrected chi connectivity index (χ0v) is 11.6. The van der Waals surface area contributed by atoms with E-state index < -0.39 is 0 Å². The Balaban J connectivity index is 1.96. The minimum atomic E-state index is 0.666. The summed E-state index contributed by atoms with van der Waals surface area (Å²) >= 11 is 2.05. The molecule has 1 aromatic carbocycles. The maximum atomic E-state index is 3.60. The van der Waals surface area contributed by atoms with Crippen LogP contribution in [0.5, 0.6) is 0 Å². The van der Waals surface area contributed by atoms with Gasteiger partial charge >= 0.3 is 0 Å². The SMILES string of the molecule is CCN(CC)c1ccc(NC2CCSC2)cc1. The van der Waals surface area contributed by atoms with Crippen LogP contribution in [0.2, 0.25) is 0 Å². The molecule has 1 aliphatic heterocycles. The molecule has 0 aromatic heterocycles. The Morgan fingerprint density at radius 1 is 1.24 bits per heavy atom. The average Bonchev–Trinajstić information content (AvgIpc) is 2.86. The van der Waals surface area contributed by atoms with E-state index in [1.807, 2.05) is 11.8 Å². The van der Waals surface area contributed by atoms with Gasteiger partial charge in [0.2, 0.25) is 0 Å². The van der Waals surface area contributed by atoms with Gasteiger partial charge in [-0.1, -0.05) is 0 Å². The van der Waals surface area contributed by atoms with Crippen molar-refractivity contribution in [1.82, 2.24) is 0 Å².